The number of carbonyl (C=O) groups excluding carboxylic acids is 1. The fourth-order valence-electron chi connectivity index (χ4n) is 3.44. The number of likely N-dealkylation sites (N-methyl/N-ethyl adjacent to an activating group) is 1. The van der Waals surface area contributed by atoms with Crippen LogP contribution in [0.25, 0.3) is 0 Å². The van der Waals surface area contributed by atoms with Crippen molar-refractivity contribution in [2.75, 3.05) is 42.0 Å². The van der Waals surface area contributed by atoms with Gasteiger partial charge in [-0.15, -0.1) is 0 Å². The molecule has 0 aliphatic carbocycles. The highest BCUT2D eigenvalue weighted by molar-refractivity contribution is 9.10. The molecule has 1 aliphatic rings. The minimum absolute atomic E-state index is 0.108. The standard InChI is InChI=1S/C21H23BrNO5/c1-23-9-8-12-10-16(26-3)17(27-4)11-14(12)19(23)20(24)13-6-7-15(25-2)21(28-5)18(13)22/h6-7,10-11H,8-9H2,1-5H3/q+1. The normalized spacial score (nSPS) is 13.1. The third-order valence-corrected chi connectivity index (χ3v) is 5.69. The van der Waals surface area contributed by atoms with Crippen molar-refractivity contribution in [3.05, 3.63) is 45.4 Å². The van der Waals surface area contributed by atoms with Crippen LogP contribution in [-0.2, 0) is 6.42 Å². The number of carbonyl (C=O) groups is 1. The van der Waals surface area contributed by atoms with Gasteiger partial charge in [-0.2, -0.15) is 0 Å². The number of hydrogen-bond donors (Lipinski definition) is 0. The fraction of sp³-hybridized carbons (Fsp3) is 0.333. The van der Waals surface area contributed by atoms with Gasteiger partial charge in [0.15, 0.2) is 23.0 Å². The Labute approximate surface area is 172 Å². The summed E-state index contributed by atoms with van der Waals surface area (Å²) in [6.07, 6.45) is 0.816. The third kappa shape index (κ3) is 3.35. The Kier molecular flexibility index (Phi) is 5.93. The van der Waals surface area contributed by atoms with Crippen LogP contribution in [0.3, 0.4) is 0 Å². The molecule has 6 nitrogen and oxygen atoms in total. The van der Waals surface area contributed by atoms with Gasteiger partial charge in [-0.3, -0.25) is 4.79 Å². The molecular formula is C21H23BrNO5+. The molecule has 148 valence electrons. The molecule has 28 heavy (non-hydrogen) atoms. The first-order valence-corrected chi connectivity index (χ1v) is 9.54. The van der Waals surface area contributed by atoms with E-state index >= 15 is 0 Å². The van der Waals surface area contributed by atoms with E-state index in [0.717, 1.165) is 24.1 Å². The summed E-state index contributed by atoms with van der Waals surface area (Å²) < 4.78 is 24.1. The molecule has 0 radical (unpaired) electrons. The maximum atomic E-state index is 13.5. The van der Waals surface area contributed by atoms with Crippen molar-refractivity contribution in [1.82, 2.24) is 0 Å². The molecule has 0 spiro atoms. The van der Waals surface area contributed by atoms with E-state index in [4.69, 9.17) is 18.9 Å². The summed E-state index contributed by atoms with van der Waals surface area (Å²) >= 11 is 3.51. The summed E-state index contributed by atoms with van der Waals surface area (Å²) in [4.78, 5) is 13.5. The molecule has 0 N–H and O–H groups in total. The lowest BCUT2D eigenvalue weighted by atomic mass is 9.91. The Morgan fingerprint density at radius 2 is 1.61 bits per heavy atom. The molecule has 3 rings (SSSR count). The van der Waals surface area contributed by atoms with Crippen LogP contribution in [0.2, 0.25) is 0 Å². The summed E-state index contributed by atoms with van der Waals surface area (Å²) in [6.45, 7) is 0.731. The van der Waals surface area contributed by atoms with Crippen molar-refractivity contribution in [2.45, 2.75) is 6.42 Å². The van der Waals surface area contributed by atoms with Gasteiger partial charge < -0.3 is 18.9 Å². The van der Waals surface area contributed by atoms with Gasteiger partial charge in [0.05, 0.1) is 38.5 Å². The quantitative estimate of drug-likeness (QED) is 0.500. The molecule has 2 aromatic rings. The highest BCUT2D eigenvalue weighted by Gasteiger charge is 2.34. The van der Waals surface area contributed by atoms with E-state index < -0.39 is 0 Å². The average molecular weight is 449 g/mol. The lowest BCUT2D eigenvalue weighted by Gasteiger charge is -2.19. The SMILES string of the molecule is COc1cc2c(cc1OC)C(C(=O)c1ccc(OC)c(OC)c1Br)=[N+](C)CC2. The number of methoxy groups -OCH3 is 4. The molecule has 0 fully saturated rings. The Bertz CT molecular complexity index is 968. The molecule has 0 amide bonds. The van der Waals surface area contributed by atoms with Crippen LogP contribution >= 0.6 is 15.9 Å². The van der Waals surface area contributed by atoms with Crippen LogP contribution in [0.4, 0.5) is 0 Å². The number of benzene rings is 2. The van der Waals surface area contributed by atoms with Gasteiger partial charge in [-0.25, -0.2) is 4.58 Å². The first kappa shape index (κ1) is 20.2. The molecule has 1 heterocycles. The summed E-state index contributed by atoms with van der Waals surface area (Å²) in [6, 6.07) is 7.28. The highest BCUT2D eigenvalue weighted by atomic mass is 79.9. The topological polar surface area (TPSA) is 57.0 Å². The monoisotopic (exact) mass is 448 g/mol. The first-order chi connectivity index (χ1) is 13.5. The second-order valence-corrected chi connectivity index (χ2v) is 7.17. The zero-order valence-electron chi connectivity index (χ0n) is 16.6. The van der Waals surface area contributed by atoms with Crippen LogP contribution in [0.5, 0.6) is 23.0 Å². The smallest absolute Gasteiger partial charge is 0.258 e. The predicted molar refractivity (Wildman–Crippen MR) is 110 cm³/mol. The van der Waals surface area contributed by atoms with Crippen molar-refractivity contribution in [2.24, 2.45) is 0 Å². The number of ketones is 1. The Morgan fingerprint density at radius 1 is 0.964 bits per heavy atom. The first-order valence-electron chi connectivity index (χ1n) is 8.75. The maximum Gasteiger partial charge on any atom is 0.258 e. The Morgan fingerprint density at radius 3 is 2.21 bits per heavy atom. The van der Waals surface area contributed by atoms with Gasteiger partial charge >= 0.3 is 0 Å². The van der Waals surface area contributed by atoms with E-state index in [1.807, 2.05) is 23.8 Å². The average Bonchev–Trinajstić information content (AvgIpc) is 2.71. The molecule has 7 heteroatoms. The lowest BCUT2D eigenvalue weighted by Crippen LogP contribution is -2.33. The maximum absolute atomic E-state index is 13.5. The van der Waals surface area contributed by atoms with E-state index in [1.165, 1.54) is 0 Å². The zero-order valence-corrected chi connectivity index (χ0v) is 18.2. The number of Topliss-reactive ketones (excluding diaryl/α,β-unsaturated/α-hetero) is 1. The van der Waals surface area contributed by atoms with Crippen LogP contribution in [0, 0.1) is 0 Å². The van der Waals surface area contributed by atoms with E-state index in [0.29, 0.717) is 38.7 Å². The van der Waals surface area contributed by atoms with Crippen LogP contribution in [-0.4, -0.2) is 58.1 Å². The fourth-order valence-corrected chi connectivity index (χ4v) is 4.11. The largest absolute Gasteiger partial charge is 0.493 e. The lowest BCUT2D eigenvalue weighted by molar-refractivity contribution is -0.496. The number of halogens is 1. The Hall–Kier alpha value is -2.54. The van der Waals surface area contributed by atoms with Crippen molar-refractivity contribution in [1.29, 1.82) is 0 Å². The van der Waals surface area contributed by atoms with E-state index in [9.17, 15) is 4.79 Å². The predicted octanol–water partition coefficient (Wildman–Crippen LogP) is 3.35. The van der Waals surface area contributed by atoms with Crippen molar-refractivity contribution in [3.8, 4) is 23.0 Å². The number of nitrogens with zero attached hydrogens (tertiary/aromatic N) is 1. The van der Waals surface area contributed by atoms with Crippen LogP contribution in [0.1, 0.15) is 21.5 Å². The minimum Gasteiger partial charge on any atom is -0.493 e. The van der Waals surface area contributed by atoms with Gasteiger partial charge in [0.1, 0.15) is 13.6 Å². The Balaban J connectivity index is 2.16. The summed E-state index contributed by atoms with van der Waals surface area (Å²) in [7, 11) is 8.22. The molecule has 0 aromatic heterocycles. The number of hydrogen-bond acceptors (Lipinski definition) is 5. The third-order valence-electron chi connectivity index (χ3n) is 4.91. The molecule has 0 unspecified atom stereocenters. The molecule has 0 atom stereocenters. The molecular weight excluding hydrogens is 426 g/mol. The number of fused-ring (bicyclic) bond motifs is 1. The summed E-state index contributed by atoms with van der Waals surface area (Å²) in [5.41, 5.74) is 3.01. The molecule has 2 aromatic carbocycles. The second kappa shape index (κ2) is 8.22. The van der Waals surface area contributed by atoms with Crippen molar-refractivity contribution < 1.29 is 28.3 Å². The molecule has 0 bridgehead atoms. The van der Waals surface area contributed by atoms with Gasteiger partial charge in [0.25, 0.3) is 11.5 Å². The molecule has 1 aliphatic heterocycles. The van der Waals surface area contributed by atoms with E-state index in [-0.39, 0.29) is 5.78 Å². The molecule has 0 saturated carbocycles. The molecule has 0 saturated heterocycles. The van der Waals surface area contributed by atoms with Crippen molar-refractivity contribution in [3.63, 3.8) is 0 Å². The summed E-state index contributed by atoms with van der Waals surface area (Å²) in [5.74, 6) is 2.18. The number of rotatable bonds is 6. The minimum atomic E-state index is -0.108. The van der Waals surface area contributed by atoms with Crippen molar-refractivity contribution >= 4 is 27.4 Å². The zero-order chi connectivity index (χ0) is 20.4. The van der Waals surface area contributed by atoms with Gasteiger partial charge in [-0.05, 0) is 45.8 Å². The highest BCUT2D eigenvalue weighted by Crippen LogP contribution is 2.39. The van der Waals surface area contributed by atoms with Crippen LogP contribution in [0.15, 0.2) is 28.7 Å². The summed E-state index contributed by atoms with van der Waals surface area (Å²) in [5, 5.41) is 0. The van der Waals surface area contributed by atoms with Gasteiger partial charge in [0, 0.05) is 12.0 Å². The van der Waals surface area contributed by atoms with Gasteiger partial charge in [0.2, 0.25) is 0 Å². The van der Waals surface area contributed by atoms with Gasteiger partial charge in [-0.1, -0.05) is 0 Å². The number of ether oxygens (including phenoxy) is 4. The second-order valence-electron chi connectivity index (χ2n) is 6.38. The van der Waals surface area contributed by atoms with Crippen LogP contribution < -0.4 is 18.9 Å². The van der Waals surface area contributed by atoms with E-state index in [1.54, 1.807) is 40.6 Å². The van der Waals surface area contributed by atoms with E-state index in [2.05, 4.69) is 15.9 Å².